The topological polar surface area (TPSA) is 42.0 Å². The molecule has 0 bridgehead atoms. The van der Waals surface area contributed by atoms with E-state index in [2.05, 4.69) is 49.3 Å². The molecule has 0 fully saturated rings. The molecule has 2 aromatic rings. The number of anilines is 1. The van der Waals surface area contributed by atoms with Gasteiger partial charge in [0.15, 0.2) is 5.78 Å². The molecule has 0 amide bonds. The number of nitrogens with zero attached hydrogens (tertiary/aromatic N) is 1. The van der Waals surface area contributed by atoms with Crippen LogP contribution in [-0.4, -0.2) is 10.8 Å². The Morgan fingerprint density at radius 1 is 1.08 bits per heavy atom. The van der Waals surface area contributed by atoms with Crippen molar-refractivity contribution >= 4 is 11.6 Å². The first-order chi connectivity index (χ1) is 11.8. The fraction of sp³-hybridized carbons (Fsp3) is 0.364. The van der Waals surface area contributed by atoms with Crippen molar-refractivity contribution in [1.82, 2.24) is 4.98 Å². The minimum absolute atomic E-state index is 0.0251. The van der Waals surface area contributed by atoms with E-state index in [1.807, 2.05) is 31.3 Å². The third-order valence-corrected chi connectivity index (χ3v) is 5.56. The molecule has 1 N–H and O–H groups in total. The SMILES string of the molecule is Cc1cnc2c(c1)[C@](C)(c1ccccc1)C1=C(CC(C)(C)CC1=O)N2. The first-order valence-corrected chi connectivity index (χ1v) is 8.88. The number of hydrogen-bond acceptors (Lipinski definition) is 3. The van der Waals surface area contributed by atoms with Crippen molar-refractivity contribution in [3.8, 4) is 0 Å². The summed E-state index contributed by atoms with van der Waals surface area (Å²) >= 11 is 0. The average molecular weight is 332 g/mol. The van der Waals surface area contributed by atoms with Gasteiger partial charge in [0, 0.05) is 29.5 Å². The van der Waals surface area contributed by atoms with E-state index in [1.54, 1.807) is 0 Å². The van der Waals surface area contributed by atoms with Crippen LogP contribution in [0.25, 0.3) is 0 Å². The predicted octanol–water partition coefficient (Wildman–Crippen LogP) is 4.76. The molecule has 3 heteroatoms. The second-order valence-corrected chi connectivity index (χ2v) is 8.32. The number of rotatable bonds is 1. The van der Waals surface area contributed by atoms with Crippen LogP contribution < -0.4 is 5.32 Å². The van der Waals surface area contributed by atoms with Gasteiger partial charge in [0.05, 0.1) is 5.41 Å². The van der Waals surface area contributed by atoms with Crippen molar-refractivity contribution in [2.75, 3.05) is 5.32 Å². The van der Waals surface area contributed by atoms with Gasteiger partial charge in [-0.15, -0.1) is 0 Å². The highest BCUT2D eigenvalue weighted by molar-refractivity contribution is 6.02. The number of Topliss-reactive ketones (excluding diaryl/α,β-unsaturated/α-hetero) is 1. The van der Waals surface area contributed by atoms with Crippen LogP contribution in [0.5, 0.6) is 0 Å². The van der Waals surface area contributed by atoms with Crippen LogP contribution >= 0.6 is 0 Å². The monoisotopic (exact) mass is 332 g/mol. The van der Waals surface area contributed by atoms with Gasteiger partial charge < -0.3 is 5.32 Å². The van der Waals surface area contributed by atoms with Gasteiger partial charge in [-0.2, -0.15) is 0 Å². The third kappa shape index (κ3) is 2.41. The summed E-state index contributed by atoms with van der Waals surface area (Å²) in [6.07, 6.45) is 3.34. The summed E-state index contributed by atoms with van der Waals surface area (Å²) in [5.41, 5.74) is 4.80. The number of allylic oxidation sites excluding steroid dienone is 2. The van der Waals surface area contributed by atoms with Crippen LogP contribution in [0, 0.1) is 12.3 Å². The number of aromatic nitrogens is 1. The zero-order chi connectivity index (χ0) is 17.8. The van der Waals surface area contributed by atoms with Gasteiger partial charge in [0.2, 0.25) is 0 Å². The number of carbonyl (C=O) groups excluding carboxylic acids is 1. The van der Waals surface area contributed by atoms with Crippen molar-refractivity contribution in [1.29, 1.82) is 0 Å². The van der Waals surface area contributed by atoms with E-state index in [-0.39, 0.29) is 11.2 Å². The van der Waals surface area contributed by atoms with E-state index >= 15 is 0 Å². The molecule has 3 nitrogen and oxygen atoms in total. The molecule has 1 aromatic heterocycles. The summed E-state index contributed by atoms with van der Waals surface area (Å²) in [5, 5.41) is 3.48. The molecule has 1 aromatic carbocycles. The summed E-state index contributed by atoms with van der Waals surface area (Å²) in [6.45, 7) is 8.55. The average Bonchev–Trinajstić information content (AvgIpc) is 2.55. The highest BCUT2D eigenvalue weighted by Gasteiger charge is 2.47. The lowest BCUT2D eigenvalue weighted by Gasteiger charge is -2.44. The maximum absolute atomic E-state index is 13.2. The molecular weight excluding hydrogens is 308 g/mol. The van der Waals surface area contributed by atoms with Crippen molar-refractivity contribution in [3.05, 3.63) is 70.6 Å². The largest absolute Gasteiger partial charge is 0.343 e. The Balaban J connectivity index is 2.03. The number of benzene rings is 1. The fourth-order valence-corrected chi connectivity index (χ4v) is 4.41. The van der Waals surface area contributed by atoms with E-state index in [0.29, 0.717) is 6.42 Å². The number of nitrogens with one attached hydrogen (secondary N) is 1. The number of ketones is 1. The summed E-state index contributed by atoms with van der Waals surface area (Å²) in [5.74, 6) is 1.12. The second kappa shape index (κ2) is 5.29. The normalized spacial score (nSPS) is 24.4. The molecule has 0 unspecified atom stereocenters. The van der Waals surface area contributed by atoms with Gasteiger partial charge in [-0.1, -0.05) is 44.2 Å². The molecule has 2 heterocycles. The summed E-state index contributed by atoms with van der Waals surface area (Å²) in [7, 11) is 0. The summed E-state index contributed by atoms with van der Waals surface area (Å²) in [4.78, 5) is 17.9. The van der Waals surface area contributed by atoms with Crippen molar-refractivity contribution < 1.29 is 4.79 Å². The molecule has 4 rings (SSSR count). The Morgan fingerprint density at radius 3 is 2.52 bits per heavy atom. The smallest absolute Gasteiger partial charge is 0.162 e. The maximum atomic E-state index is 13.2. The number of fused-ring (bicyclic) bond motifs is 1. The molecule has 1 aliphatic heterocycles. The Labute approximate surface area is 149 Å². The first kappa shape index (κ1) is 16.1. The minimum atomic E-state index is -0.468. The van der Waals surface area contributed by atoms with E-state index in [1.165, 1.54) is 0 Å². The van der Waals surface area contributed by atoms with Crippen LogP contribution in [0.1, 0.15) is 50.3 Å². The fourth-order valence-electron chi connectivity index (χ4n) is 4.41. The summed E-state index contributed by atoms with van der Waals surface area (Å²) < 4.78 is 0. The number of pyridine rings is 1. The zero-order valence-corrected chi connectivity index (χ0v) is 15.3. The number of hydrogen-bond donors (Lipinski definition) is 1. The number of aryl methyl sites for hydroxylation is 1. The van der Waals surface area contributed by atoms with Gasteiger partial charge in [0.25, 0.3) is 0 Å². The van der Waals surface area contributed by atoms with Crippen LogP contribution in [0.15, 0.2) is 53.9 Å². The Kier molecular flexibility index (Phi) is 3.40. The van der Waals surface area contributed by atoms with Gasteiger partial charge in [0.1, 0.15) is 5.82 Å². The quantitative estimate of drug-likeness (QED) is 0.818. The number of carbonyl (C=O) groups is 1. The highest BCUT2D eigenvalue weighted by Crippen LogP contribution is 2.51. The van der Waals surface area contributed by atoms with Crippen LogP contribution in [0.2, 0.25) is 0 Å². The van der Waals surface area contributed by atoms with E-state index in [0.717, 1.165) is 40.2 Å². The Morgan fingerprint density at radius 2 is 1.80 bits per heavy atom. The predicted molar refractivity (Wildman–Crippen MR) is 101 cm³/mol. The van der Waals surface area contributed by atoms with E-state index in [4.69, 9.17) is 0 Å². The molecule has 1 atom stereocenters. The third-order valence-electron chi connectivity index (χ3n) is 5.56. The van der Waals surface area contributed by atoms with Crippen LogP contribution in [-0.2, 0) is 10.2 Å². The minimum Gasteiger partial charge on any atom is -0.343 e. The molecule has 1 aliphatic carbocycles. The van der Waals surface area contributed by atoms with Crippen molar-refractivity contribution in [2.45, 2.75) is 46.0 Å². The molecule has 0 saturated heterocycles. The van der Waals surface area contributed by atoms with E-state index in [9.17, 15) is 4.79 Å². The molecule has 25 heavy (non-hydrogen) atoms. The maximum Gasteiger partial charge on any atom is 0.162 e. The Hall–Kier alpha value is -2.42. The van der Waals surface area contributed by atoms with E-state index < -0.39 is 5.41 Å². The zero-order valence-electron chi connectivity index (χ0n) is 15.3. The first-order valence-electron chi connectivity index (χ1n) is 8.88. The van der Waals surface area contributed by atoms with Crippen LogP contribution in [0.4, 0.5) is 5.82 Å². The molecular formula is C22H24N2O. The second-order valence-electron chi connectivity index (χ2n) is 8.32. The van der Waals surface area contributed by atoms with Gasteiger partial charge in [-0.05, 0) is 42.9 Å². The molecule has 2 aliphatic rings. The Bertz CT molecular complexity index is 895. The highest BCUT2D eigenvalue weighted by atomic mass is 16.1. The molecule has 0 spiro atoms. The van der Waals surface area contributed by atoms with Crippen molar-refractivity contribution in [2.24, 2.45) is 5.41 Å². The molecule has 0 saturated carbocycles. The van der Waals surface area contributed by atoms with Gasteiger partial charge >= 0.3 is 0 Å². The van der Waals surface area contributed by atoms with Gasteiger partial charge in [-0.25, -0.2) is 4.98 Å². The van der Waals surface area contributed by atoms with Gasteiger partial charge in [-0.3, -0.25) is 4.79 Å². The van der Waals surface area contributed by atoms with Crippen molar-refractivity contribution in [3.63, 3.8) is 0 Å². The van der Waals surface area contributed by atoms with Crippen LogP contribution in [0.3, 0.4) is 0 Å². The standard InChI is InChI=1S/C22H24N2O/c1-14-10-16-20(23-13-14)24-17-11-21(2,3)12-18(25)19(17)22(16,4)15-8-6-5-7-9-15/h5-10,13H,11-12H2,1-4H3,(H,23,24)/t22-/m0/s1. The molecule has 0 radical (unpaired) electrons. The lowest BCUT2D eigenvalue weighted by molar-refractivity contribution is -0.118. The lowest BCUT2D eigenvalue weighted by atomic mass is 9.62. The molecule has 128 valence electrons. The summed E-state index contributed by atoms with van der Waals surface area (Å²) in [6, 6.07) is 12.5. The lowest BCUT2D eigenvalue weighted by Crippen LogP contribution is -2.42.